The Morgan fingerprint density at radius 2 is 1.90 bits per heavy atom. The van der Waals surface area contributed by atoms with Crippen LogP contribution in [0.4, 0.5) is 9.52 Å². The quantitative estimate of drug-likeness (QED) is 0.673. The van der Waals surface area contributed by atoms with Crippen molar-refractivity contribution in [2.45, 2.75) is 13.3 Å². The number of aryl methyl sites for hydroxylation is 1. The Bertz CT molecular complexity index is 980. The summed E-state index contributed by atoms with van der Waals surface area (Å²) in [5, 5.41) is 4.01. The topological polar surface area (TPSA) is 48.5 Å². The first-order chi connectivity index (χ1) is 14.1. The lowest BCUT2D eigenvalue weighted by Gasteiger charge is -2.34. The van der Waals surface area contributed by atoms with E-state index in [2.05, 4.69) is 40.2 Å². The van der Waals surface area contributed by atoms with Gasteiger partial charge in [-0.25, -0.2) is 9.37 Å². The van der Waals surface area contributed by atoms with Crippen LogP contribution in [0.2, 0.25) is 0 Å². The second-order valence-corrected chi connectivity index (χ2v) is 8.25. The van der Waals surface area contributed by atoms with Crippen molar-refractivity contribution in [3.63, 3.8) is 0 Å². The maximum Gasteiger partial charge on any atom is 0.251 e. The van der Waals surface area contributed by atoms with Gasteiger partial charge in [0.05, 0.1) is 10.2 Å². The summed E-state index contributed by atoms with van der Waals surface area (Å²) >= 11 is 1.77. The molecule has 1 aliphatic rings. The highest BCUT2D eigenvalue weighted by atomic mass is 32.1. The van der Waals surface area contributed by atoms with Gasteiger partial charge in [0.15, 0.2) is 5.13 Å². The zero-order valence-corrected chi connectivity index (χ0v) is 17.3. The number of amides is 1. The number of carbonyl (C=O) groups is 1. The van der Waals surface area contributed by atoms with Crippen molar-refractivity contribution in [2.24, 2.45) is 0 Å². The van der Waals surface area contributed by atoms with Crippen LogP contribution in [0.3, 0.4) is 0 Å². The summed E-state index contributed by atoms with van der Waals surface area (Å²) in [5.41, 5.74) is 2.91. The van der Waals surface area contributed by atoms with Gasteiger partial charge in [-0.05, 0) is 48.4 Å². The highest BCUT2D eigenvalue weighted by molar-refractivity contribution is 7.22. The molecule has 5 nitrogen and oxygen atoms in total. The molecule has 7 heteroatoms. The van der Waals surface area contributed by atoms with Gasteiger partial charge in [-0.1, -0.05) is 24.3 Å². The molecule has 0 bridgehead atoms. The van der Waals surface area contributed by atoms with Crippen molar-refractivity contribution >= 4 is 32.6 Å². The van der Waals surface area contributed by atoms with E-state index >= 15 is 0 Å². The van der Waals surface area contributed by atoms with E-state index in [0.717, 1.165) is 49.8 Å². The standard InChI is InChI=1S/C22H25FN4OS/c1-2-16-3-8-19-20(15-16)29-22(25-19)27-13-11-26(12-14-27)10-9-24-21(28)17-4-6-18(23)7-5-17/h3-8,15H,2,9-14H2,1H3,(H,24,28). The summed E-state index contributed by atoms with van der Waals surface area (Å²) in [5.74, 6) is -0.497. The van der Waals surface area contributed by atoms with Gasteiger partial charge in [0.2, 0.25) is 0 Å². The van der Waals surface area contributed by atoms with Crippen LogP contribution in [0.15, 0.2) is 42.5 Å². The van der Waals surface area contributed by atoms with E-state index in [-0.39, 0.29) is 11.7 Å². The molecule has 1 aliphatic heterocycles. The van der Waals surface area contributed by atoms with E-state index in [1.165, 1.54) is 34.5 Å². The van der Waals surface area contributed by atoms with Gasteiger partial charge in [0.25, 0.3) is 5.91 Å². The fourth-order valence-electron chi connectivity index (χ4n) is 3.51. The summed E-state index contributed by atoms with van der Waals surface area (Å²) in [6, 6.07) is 12.1. The molecule has 2 heterocycles. The third-order valence-corrected chi connectivity index (χ3v) is 6.39. The van der Waals surface area contributed by atoms with Crippen LogP contribution >= 0.6 is 11.3 Å². The molecule has 152 valence electrons. The molecular formula is C22H25FN4OS. The SMILES string of the molecule is CCc1ccc2nc(N3CCN(CCNC(=O)c4ccc(F)cc4)CC3)sc2c1. The molecule has 0 atom stereocenters. The molecule has 0 saturated carbocycles. The van der Waals surface area contributed by atoms with E-state index in [0.29, 0.717) is 12.1 Å². The second-order valence-electron chi connectivity index (χ2n) is 7.24. The zero-order chi connectivity index (χ0) is 20.2. The third-order valence-electron chi connectivity index (χ3n) is 5.31. The van der Waals surface area contributed by atoms with E-state index in [9.17, 15) is 9.18 Å². The number of hydrogen-bond donors (Lipinski definition) is 1. The summed E-state index contributed by atoms with van der Waals surface area (Å²) in [6.07, 6.45) is 1.04. The predicted molar refractivity (Wildman–Crippen MR) is 116 cm³/mol. The Morgan fingerprint density at radius 1 is 1.14 bits per heavy atom. The monoisotopic (exact) mass is 412 g/mol. The Morgan fingerprint density at radius 3 is 2.62 bits per heavy atom. The van der Waals surface area contributed by atoms with Crippen molar-refractivity contribution in [1.29, 1.82) is 0 Å². The van der Waals surface area contributed by atoms with Crippen LogP contribution in [0.1, 0.15) is 22.8 Å². The van der Waals surface area contributed by atoms with Crippen LogP contribution in [-0.2, 0) is 6.42 Å². The number of nitrogens with one attached hydrogen (secondary N) is 1. The fourth-order valence-corrected chi connectivity index (χ4v) is 4.59. The lowest BCUT2D eigenvalue weighted by Crippen LogP contribution is -2.48. The molecule has 0 aliphatic carbocycles. The van der Waals surface area contributed by atoms with Crippen molar-refractivity contribution < 1.29 is 9.18 Å². The number of hydrogen-bond acceptors (Lipinski definition) is 5. The molecule has 2 aromatic carbocycles. The minimum Gasteiger partial charge on any atom is -0.351 e. The van der Waals surface area contributed by atoms with Crippen molar-refractivity contribution in [1.82, 2.24) is 15.2 Å². The average Bonchev–Trinajstić information content (AvgIpc) is 3.18. The van der Waals surface area contributed by atoms with Crippen molar-refractivity contribution in [2.75, 3.05) is 44.2 Å². The van der Waals surface area contributed by atoms with Crippen molar-refractivity contribution in [3.05, 3.63) is 59.4 Å². The number of aromatic nitrogens is 1. The predicted octanol–water partition coefficient (Wildman–Crippen LogP) is 3.55. The second kappa shape index (κ2) is 8.88. The molecule has 4 rings (SSSR count). The first kappa shape index (κ1) is 19.8. The van der Waals surface area contributed by atoms with Gasteiger partial charge in [-0.3, -0.25) is 9.69 Å². The summed E-state index contributed by atoms with van der Waals surface area (Å²) in [6.45, 7) is 7.33. The number of benzene rings is 2. The number of thiazole rings is 1. The molecule has 1 N–H and O–H groups in total. The zero-order valence-electron chi connectivity index (χ0n) is 16.5. The van der Waals surface area contributed by atoms with E-state index in [1.807, 2.05) is 0 Å². The first-order valence-corrected chi connectivity index (χ1v) is 10.8. The summed E-state index contributed by atoms with van der Waals surface area (Å²) in [7, 11) is 0. The van der Waals surface area contributed by atoms with Crippen molar-refractivity contribution in [3.8, 4) is 0 Å². The highest BCUT2D eigenvalue weighted by Crippen LogP contribution is 2.30. The number of rotatable bonds is 6. The van der Waals surface area contributed by atoms with E-state index in [4.69, 9.17) is 4.98 Å². The Labute approximate surface area is 174 Å². The first-order valence-electron chi connectivity index (χ1n) is 10.0. The van der Waals surface area contributed by atoms with Crippen LogP contribution in [0, 0.1) is 5.82 Å². The molecule has 1 amide bonds. The Hall–Kier alpha value is -2.51. The smallest absolute Gasteiger partial charge is 0.251 e. The maximum atomic E-state index is 12.9. The van der Waals surface area contributed by atoms with Gasteiger partial charge in [0, 0.05) is 44.8 Å². The highest BCUT2D eigenvalue weighted by Gasteiger charge is 2.20. The van der Waals surface area contributed by atoms with Gasteiger partial charge in [0.1, 0.15) is 5.82 Å². The summed E-state index contributed by atoms with van der Waals surface area (Å²) in [4.78, 5) is 21.6. The van der Waals surface area contributed by atoms with E-state index < -0.39 is 0 Å². The molecule has 0 radical (unpaired) electrons. The number of fused-ring (bicyclic) bond motifs is 1. The lowest BCUT2D eigenvalue weighted by atomic mass is 10.2. The molecule has 1 saturated heterocycles. The maximum absolute atomic E-state index is 12.9. The Kier molecular flexibility index (Phi) is 6.06. The van der Waals surface area contributed by atoms with Gasteiger partial charge < -0.3 is 10.2 Å². The number of anilines is 1. The molecule has 1 aromatic heterocycles. The normalized spacial score (nSPS) is 15.0. The minimum atomic E-state index is -0.335. The molecule has 1 fully saturated rings. The minimum absolute atomic E-state index is 0.162. The fraction of sp³-hybridized carbons (Fsp3) is 0.364. The number of halogens is 1. The molecule has 0 spiro atoms. The van der Waals surface area contributed by atoms with Gasteiger partial charge >= 0.3 is 0 Å². The number of nitrogens with zero attached hydrogens (tertiary/aromatic N) is 3. The van der Waals surface area contributed by atoms with Crippen LogP contribution in [0.25, 0.3) is 10.2 Å². The van der Waals surface area contributed by atoms with Crippen LogP contribution in [-0.4, -0.2) is 55.1 Å². The molecular weight excluding hydrogens is 387 g/mol. The molecule has 29 heavy (non-hydrogen) atoms. The number of piperazine rings is 1. The lowest BCUT2D eigenvalue weighted by molar-refractivity contribution is 0.0947. The number of carbonyl (C=O) groups excluding carboxylic acids is 1. The van der Waals surface area contributed by atoms with Crippen LogP contribution < -0.4 is 10.2 Å². The van der Waals surface area contributed by atoms with Crippen LogP contribution in [0.5, 0.6) is 0 Å². The summed E-state index contributed by atoms with van der Waals surface area (Å²) < 4.78 is 14.2. The van der Waals surface area contributed by atoms with E-state index in [1.54, 1.807) is 11.3 Å². The molecule has 0 unspecified atom stereocenters. The van der Waals surface area contributed by atoms with Gasteiger partial charge in [-0.2, -0.15) is 0 Å². The third kappa shape index (κ3) is 4.74. The average molecular weight is 413 g/mol. The Balaban J connectivity index is 1.25. The largest absolute Gasteiger partial charge is 0.351 e. The van der Waals surface area contributed by atoms with Gasteiger partial charge in [-0.15, -0.1) is 0 Å². The molecule has 3 aromatic rings.